The Kier molecular flexibility index (Phi) is 7.57. The van der Waals surface area contributed by atoms with Crippen molar-refractivity contribution < 1.29 is 9.53 Å². The molecule has 1 aromatic rings. The number of hydrogen-bond donors (Lipinski definition) is 2. The maximum Gasteiger partial charge on any atom is 0.225 e. The summed E-state index contributed by atoms with van der Waals surface area (Å²) in [5, 5.41) is 6.88. The average molecular weight is 387 g/mol. The van der Waals surface area contributed by atoms with Gasteiger partial charge in [-0.1, -0.05) is 25.0 Å². The molecule has 0 radical (unpaired) electrons. The van der Waals surface area contributed by atoms with E-state index in [-0.39, 0.29) is 12.0 Å². The van der Waals surface area contributed by atoms with E-state index < -0.39 is 0 Å². The number of nitrogens with zero attached hydrogens (tertiary/aromatic N) is 2. The third kappa shape index (κ3) is 5.63. The van der Waals surface area contributed by atoms with Crippen LogP contribution >= 0.6 is 0 Å². The quantitative estimate of drug-likeness (QED) is 0.429. The van der Waals surface area contributed by atoms with Gasteiger partial charge in [0.15, 0.2) is 5.96 Å². The molecule has 1 aliphatic heterocycles. The van der Waals surface area contributed by atoms with Crippen molar-refractivity contribution in [1.29, 1.82) is 0 Å². The van der Waals surface area contributed by atoms with Crippen LogP contribution in [0.15, 0.2) is 29.3 Å². The van der Waals surface area contributed by atoms with E-state index in [4.69, 9.17) is 4.74 Å². The van der Waals surface area contributed by atoms with Crippen molar-refractivity contribution in [2.24, 2.45) is 10.9 Å². The van der Waals surface area contributed by atoms with Crippen molar-refractivity contribution in [2.45, 2.75) is 51.0 Å². The summed E-state index contributed by atoms with van der Waals surface area (Å²) in [6, 6.07) is 8.50. The number of rotatable bonds is 7. The number of carbonyl (C=O) groups excluding carboxylic acids is 1. The molecule has 3 rings (SSSR count). The van der Waals surface area contributed by atoms with Crippen LogP contribution in [0.4, 0.5) is 0 Å². The first kappa shape index (κ1) is 20.5. The van der Waals surface area contributed by atoms with Crippen molar-refractivity contribution in [3.8, 4) is 5.75 Å². The lowest BCUT2D eigenvalue weighted by molar-refractivity contribution is -0.134. The van der Waals surface area contributed by atoms with E-state index >= 15 is 0 Å². The van der Waals surface area contributed by atoms with E-state index in [9.17, 15) is 4.79 Å². The SMILES string of the molecule is CN=C(NCCCc1cccc(OC)c1)NC1CCN(C(=O)C2CCCC2)C1. The lowest BCUT2D eigenvalue weighted by atomic mass is 10.1. The number of amides is 1. The summed E-state index contributed by atoms with van der Waals surface area (Å²) < 4.78 is 5.28. The van der Waals surface area contributed by atoms with E-state index in [2.05, 4.69) is 27.8 Å². The van der Waals surface area contributed by atoms with Gasteiger partial charge in [0.1, 0.15) is 5.75 Å². The fraction of sp³-hybridized carbons (Fsp3) is 0.636. The molecule has 154 valence electrons. The van der Waals surface area contributed by atoms with Gasteiger partial charge >= 0.3 is 0 Å². The van der Waals surface area contributed by atoms with Gasteiger partial charge in [0, 0.05) is 38.6 Å². The number of hydrogen-bond acceptors (Lipinski definition) is 3. The second kappa shape index (κ2) is 10.3. The van der Waals surface area contributed by atoms with Gasteiger partial charge in [0.25, 0.3) is 0 Å². The van der Waals surface area contributed by atoms with Gasteiger partial charge < -0.3 is 20.3 Å². The second-order valence-corrected chi connectivity index (χ2v) is 7.85. The molecule has 0 spiro atoms. The Bertz CT molecular complexity index is 670. The first-order valence-corrected chi connectivity index (χ1v) is 10.6. The Morgan fingerprint density at radius 3 is 2.86 bits per heavy atom. The van der Waals surface area contributed by atoms with E-state index in [1.807, 2.05) is 17.0 Å². The molecule has 1 aromatic carbocycles. The molecule has 1 aliphatic carbocycles. The zero-order chi connectivity index (χ0) is 19.8. The fourth-order valence-corrected chi connectivity index (χ4v) is 4.22. The predicted octanol–water partition coefficient (Wildman–Crippen LogP) is 2.58. The summed E-state index contributed by atoms with van der Waals surface area (Å²) in [4.78, 5) is 19.0. The second-order valence-electron chi connectivity index (χ2n) is 7.85. The van der Waals surface area contributed by atoms with Crippen molar-refractivity contribution in [3.63, 3.8) is 0 Å². The molecule has 2 fully saturated rings. The zero-order valence-electron chi connectivity index (χ0n) is 17.2. The Hall–Kier alpha value is -2.24. The molecule has 6 nitrogen and oxygen atoms in total. The van der Waals surface area contributed by atoms with Crippen LogP contribution in [0.3, 0.4) is 0 Å². The molecule has 0 bridgehead atoms. The number of methoxy groups -OCH3 is 1. The van der Waals surface area contributed by atoms with Gasteiger partial charge in [0.2, 0.25) is 5.91 Å². The Labute approximate surface area is 168 Å². The highest BCUT2D eigenvalue weighted by Gasteiger charge is 2.32. The average Bonchev–Trinajstić information content (AvgIpc) is 3.42. The first-order chi connectivity index (χ1) is 13.7. The monoisotopic (exact) mass is 386 g/mol. The molecule has 28 heavy (non-hydrogen) atoms. The molecule has 1 unspecified atom stereocenters. The molecular formula is C22H34N4O2. The first-order valence-electron chi connectivity index (χ1n) is 10.6. The van der Waals surface area contributed by atoms with Crippen molar-refractivity contribution in [1.82, 2.24) is 15.5 Å². The largest absolute Gasteiger partial charge is 0.497 e. The topological polar surface area (TPSA) is 66.0 Å². The lowest BCUT2D eigenvalue weighted by Gasteiger charge is -2.21. The number of likely N-dealkylation sites (tertiary alicyclic amines) is 1. The smallest absolute Gasteiger partial charge is 0.225 e. The number of benzene rings is 1. The Morgan fingerprint density at radius 1 is 1.29 bits per heavy atom. The molecule has 0 aromatic heterocycles. The van der Waals surface area contributed by atoms with Gasteiger partial charge in [-0.15, -0.1) is 0 Å². The van der Waals surface area contributed by atoms with Crippen LogP contribution < -0.4 is 15.4 Å². The minimum atomic E-state index is 0.271. The van der Waals surface area contributed by atoms with Gasteiger partial charge in [-0.2, -0.15) is 0 Å². The predicted molar refractivity (Wildman–Crippen MR) is 113 cm³/mol. The van der Waals surface area contributed by atoms with E-state index in [1.165, 1.54) is 18.4 Å². The lowest BCUT2D eigenvalue weighted by Crippen LogP contribution is -2.45. The number of nitrogens with one attached hydrogen (secondary N) is 2. The zero-order valence-corrected chi connectivity index (χ0v) is 17.2. The maximum atomic E-state index is 12.6. The molecular weight excluding hydrogens is 352 g/mol. The Morgan fingerprint density at radius 2 is 2.11 bits per heavy atom. The third-order valence-electron chi connectivity index (χ3n) is 5.84. The summed E-state index contributed by atoms with van der Waals surface area (Å²) in [5.74, 6) is 2.36. The molecule has 6 heteroatoms. The van der Waals surface area contributed by atoms with Gasteiger partial charge in [0.05, 0.1) is 7.11 Å². The van der Waals surface area contributed by atoms with E-state index in [1.54, 1.807) is 14.2 Å². The molecule has 1 amide bonds. The molecule has 2 aliphatic rings. The van der Waals surface area contributed by atoms with Crippen LogP contribution in [0.2, 0.25) is 0 Å². The molecule has 2 N–H and O–H groups in total. The van der Waals surface area contributed by atoms with Crippen LogP contribution in [-0.2, 0) is 11.2 Å². The third-order valence-corrected chi connectivity index (χ3v) is 5.84. The summed E-state index contributed by atoms with van der Waals surface area (Å²) in [5.41, 5.74) is 1.28. The van der Waals surface area contributed by atoms with Gasteiger partial charge in [-0.3, -0.25) is 9.79 Å². The van der Waals surface area contributed by atoms with E-state index in [0.29, 0.717) is 5.91 Å². The number of guanidine groups is 1. The van der Waals surface area contributed by atoms with Gasteiger partial charge in [-0.05, 0) is 49.8 Å². The van der Waals surface area contributed by atoms with Crippen molar-refractivity contribution >= 4 is 11.9 Å². The minimum absolute atomic E-state index is 0.271. The van der Waals surface area contributed by atoms with Crippen LogP contribution in [0.5, 0.6) is 5.75 Å². The molecule has 1 saturated carbocycles. The van der Waals surface area contributed by atoms with E-state index in [0.717, 1.165) is 63.4 Å². The van der Waals surface area contributed by atoms with Crippen LogP contribution in [0, 0.1) is 5.92 Å². The number of carbonyl (C=O) groups is 1. The van der Waals surface area contributed by atoms with Crippen LogP contribution in [0.25, 0.3) is 0 Å². The summed E-state index contributed by atoms with van der Waals surface area (Å²) in [7, 11) is 3.50. The number of aryl methyl sites for hydroxylation is 1. The highest BCUT2D eigenvalue weighted by Crippen LogP contribution is 2.27. The number of aliphatic imine (C=N–C) groups is 1. The molecule has 1 saturated heterocycles. The van der Waals surface area contributed by atoms with Gasteiger partial charge in [-0.25, -0.2) is 0 Å². The molecule has 1 heterocycles. The van der Waals surface area contributed by atoms with Crippen LogP contribution in [0.1, 0.15) is 44.1 Å². The van der Waals surface area contributed by atoms with Crippen molar-refractivity contribution in [2.75, 3.05) is 33.8 Å². The highest BCUT2D eigenvalue weighted by atomic mass is 16.5. The summed E-state index contributed by atoms with van der Waals surface area (Å²) in [6.07, 6.45) is 7.56. The standard InChI is InChI=1S/C22H34N4O2/c1-23-22(24-13-6-8-17-7-5-11-20(15-17)28-2)25-19-12-14-26(16-19)21(27)18-9-3-4-10-18/h5,7,11,15,18-19H,3-4,6,8-10,12-14,16H2,1-2H3,(H2,23,24,25). The Balaban J connectivity index is 1.37. The van der Waals surface area contributed by atoms with Crippen LogP contribution in [-0.4, -0.2) is 56.6 Å². The maximum absolute atomic E-state index is 12.6. The molecule has 1 atom stereocenters. The normalized spacial score (nSPS) is 20.4. The number of ether oxygens (including phenoxy) is 1. The fourth-order valence-electron chi connectivity index (χ4n) is 4.22. The minimum Gasteiger partial charge on any atom is -0.497 e. The highest BCUT2D eigenvalue weighted by molar-refractivity contribution is 5.81. The van der Waals surface area contributed by atoms with Crippen molar-refractivity contribution in [3.05, 3.63) is 29.8 Å². The summed E-state index contributed by atoms with van der Waals surface area (Å²) in [6.45, 7) is 2.51. The summed E-state index contributed by atoms with van der Waals surface area (Å²) >= 11 is 0.